The van der Waals surface area contributed by atoms with Crippen molar-refractivity contribution in [3.05, 3.63) is 64.1 Å². The third-order valence-corrected chi connectivity index (χ3v) is 4.99. The van der Waals surface area contributed by atoms with Gasteiger partial charge in [0.15, 0.2) is 11.0 Å². The molecule has 22 heavy (non-hydrogen) atoms. The highest BCUT2D eigenvalue weighted by Crippen LogP contribution is 2.26. The number of halogens is 1. The normalized spacial score (nSPS) is 10.9. The van der Waals surface area contributed by atoms with Crippen molar-refractivity contribution in [1.82, 2.24) is 14.8 Å². The molecule has 3 rings (SSSR count). The molecule has 112 valence electrons. The Morgan fingerprint density at radius 1 is 1.09 bits per heavy atom. The SMILES string of the molecule is Cc1ccc(-c2nnc(SCc3cccc(Br)c3)n2C)cc1. The number of thioether (sulfide) groups is 1. The lowest BCUT2D eigenvalue weighted by Gasteiger charge is -2.05. The standard InChI is InChI=1S/C17H16BrN3S/c1-12-6-8-14(9-7-12)16-19-20-17(21(16)2)22-11-13-4-3-5-15(18)10-13/h3-10H,11H2,1-2H3. The minimum Gasteiger partial charge on any atom is -0.305 e. The summed E-state index contributed by atoms with van der Waals surface area (Å²) in [4.78, 5) is 0. The van der Waals surface area contributed by atoms with Crippen molar-refractivity contribution in [1.29, 1.82) is 0 Å². The molecule has 1 heterocycles. The number of aromatic nitrogens is 3. The Morgan fingerprint density at radius 3 is 2.59 bits per heavy atom. The highest BCUT2D eigenvalue weighted by molar-refractivity contribution is 9.10. The molecule has 3 aromatic rings. The minimum atomic E-state index is 0.874. The maximum Gasteiger partial charge on any atom is 0.191 e. The van der Waals surface area contributed by atoms with E-state index in [2.05, 4.69) is 69.4 Å². The highest BCUT2D eigenvalue weighted by atomic mass is 79.9. The molecule has 0 bridgehead atoms. The summed E-state index contributed by atoms with van der Waals surface area (Å²) in [5.41, 5.74) is 3.60. The van der Waals surface area contributed by atoms with Crippen LogP contribution in [0.3, 0.4) is 0 Å². The van der Waals surface area contributed by atoms with Crippen LogP contribution in [0.15, 0.2) is 58.2 Å². The molecule has 0 aliphatic carbocycles. The minimum absolute atomic E-state index is 0.874. The molecule has 1 aromatic heterocycles. The number of rotatable bonds is 4. The summed E-state index contributed by atoms with van der Waals surface area (Å²) >= 11 is 5.20. The fourth-order valence-electron chi connectivity index (χ4n) is 2.17. The van der Waals surface area contributed by atoms with Gasteiger partial charge in [-0.05, 0) is 24.6 Å². The van der Waals surface area contributed by atoms with Gasteiger partial charge in [-0.15, -0.1) is 10.2 Å². The fraction of sp³-hybridized carbons (Fsp3) is 0.176. The first-order valence-corrected chi connectivity index (χ1v) is 8.75. The quantitative estimate of drug-likeness (QED) is 0.612. The summed E-state index contributed by atoms with van der Waals surface area (Å²) in [5.74, 6) is 1.77. The molecule has 5 heteroatoms. The lowest BCUT2D eigenvalue weighted by molar-refractivity contribution is 0.794. The van der Waals surface area contributed by atoms with E-state index in [-0.39, 0.29) is 0 Å². The van der Waals surface area contributed by atoms with E-state index in [0.29, 0.717) is 0 Å². The molecule has 0 saturated heterocycles. The summed E-state index contributed by atoms with van der Waals surface area (Å²) in [5, 5.41) is 9.57. The Morgan fingerprint density at radius 2 is 1.86 bits per heavy atom. The van der Waals surface area contributed by atoms with Gasteiger partial charge in [-0.25, -0.2) is 0 Å². The maximum absolute atomic E-state index is 4.33. The predicted octanol–water partition coefficient (Wildman–Crippen LogP) is 4.85. The number of hydrogen-bond donors (Lipinski definition) is 0. The first kappa shape index (κ1) is 15.3. The molecule has 0 amide bonds. The molecule has 2 aromatic carbocycles. The van der Waals surface area contributed by atoms with Crippen molar-refractivity contribution in [3.63, 3.8) is 0 Å². The maximum atomic E-state index is 4.33. The smallest absolute Gasteiger partial charge is 0.191 e. The van der Waals surface area contributed by atoms with Crippen LogP contribution in [0.25, 0.3) is 11.4 Å². The third kappa shape index (κ3) is 3.42. The van der Waals surface area contributed by atoms with E-state index < -0.39 is 0 Å². The van der Waals surface area contributed by atoms with Gasteiger partial charge in [-0.3, -0.25) is 0 Å². The first-order valence-electron chi connectivity index (χ1n) is 6.97. The van der Waals surface area contributed by atoms with E-state index in [1.165, 1.54) is 11.1 Å². The van der Waals surface area contributed by atoms with Gasteiger partial charge in [0.1, 0.15) is 0 Å². The number of nitrogens with zero attached hydrogens (tertiary/aromatic N) is 3. The van der Waals surface area contributed by atoms with E-state index in [9.17, 15) is 0 Å². The number of hydrogen-bond acceptors (Lipinski definition) is 3. The van der Waals surface area contributed by atoms with Crippen LogP contribution in [0.4, 0.5) is 0 Å². The second kappa shape index (κ2) is 6.67. The van der Waals surface area contributed by atoms with Gasteiger partial charge < -0.3 is 4.57 Å². The van der Waals surface area contributed by atoms with Crippen LogP contribution in [0.5, 0.6) is 0 Å². The first-order chi connectivity index (χ1) is 10.6. The molecule has 0 aliphatic rings. The molecular formula is C17H16BrN3S. The molecule has 0 fully saturated rings. The van der Waals surface area contributed by atoms with Crippen LogP contribution in [-0.2, 0) is 12.8 Å². The molecule has 0 spiro atoms. The Labute approximate surface area is 142 Å². The topological polar surface area (TPSA) is 30.7 Å². The summed E-state index contributed by atoms with van der Waals surface area (Å²) in [6.45, 7) is 2.08. The molecular weight excluding hydrogens is 358 g/mol. The molecule has 0 saturated carbocycles. The molecule has 0 aliphatic heterocycles. The van der Waals surface area contributed by atoms with Crippen molar-refractivity contribution in [2.75, 3.05) is 0 Å². The van der Waals surface area contributed by atoms with Crippen LogP contribution in [-0.4, -0.2) is 14.8 Å². The van der Waals surface area contributed by atoms with E-state index in [0.717, 1.165) is 26.8 Å². The van der Waals surface area contributed by atoms with Gasteiger partial charge in [-0.1, -0.05) is 69.7 Å². The molecule has 0 N–H and O–H groups in total. The van der Waals surface area contributed by atoms with Crippen molar-refractivity contribution >= 4 is 27.7 Å². The van der Waals surface area contributed by atoms with Gasteiger partial charge in [0.25, 0.3) is 0 Å². The zero-order valence-corrected chi connectivity index (χ0v) is 14.9. The van der Waals surface area contributed by atoms with Crippen LogP contribution in [0.1, 0.15) is 11.1 Å². The summed E-state index contributed by atoms with van der Waals surface area (Å²) in [7, 11) is 2.01. The Bertz CT molecular complexity index is 781. The fourth-order valence-corrected chi connectivity index (χ4v) is 3.47. The van der Waals surface area contributed by atoms with Gasteiger partial charge in [0.2, 0.25) is 0 Å². The largest absolute Gasteiger partial charge is 0.305 e. The lowest BCUT2D eigenvalue weighted by Crippen LogP contribution is -1.95. The monoisotopic (exact) mass is 373 g/mol. The zero-order chi connectivity index (χ0) is 15.5. The lowest BCUT2D eigenvalue weighted by atomic mass is 10.1. The predicted molar refractivity (Wildman–Crippen MR) is 94.9 cm³/mol. The van der Waals surface area contributed by atoms with Crippen LogP contribution in [0.2, 0.25) is 0 Å². The Balaban J connectivity index is 1.77. The van der Waals surface area contributed by atoms with E-state index in [1.54, 1.807) is 11.8 Å². The molecule has 0 unspecified atom stereocenters. The van der Waals surface area contributed by atoms with Crippen LogP contribution < -0.4 is 0 Å². The summed E-state index contributed by atoms with van der Waals surface area (Å²) < 4.78 is 3.15. The average molecular weight is 374 g/mol. The summed E-state index contributed by atoms with van der Waals surface area (Å²) in [6, 6.07) is 16.7. The highest BCUT2D eigenvalue weighted by Gasteiger charge is 2.11. The second-order valence-corrected chi connectivity index (χ2v) is 7.01. The van der Waals surface area contributed by atoms with Gasteiger partial charge in [0.05, 0.1) is 0 Å². The van der Waals surface area contributed by atoms with Crippen molar-refractivity contribution < 1.29 is 0 Å². The molecule has 0 radical (unpaired) electrons. The zero-order valence-electron chi connectivity index (χ0n) is 12.5. The van der Waals surface area contributed by atoms with Crippen LogP contribution in [0, 0.1) is 6.92 Å². The Hall–Kier alpha value is -1.59. The number of aryl methyl sites for hydroxylation is 1. The van der Waals surface area contributed by atoms with Crippen LogP contribution >= 0.6 is 27.7 Å². The second-order valence-electron chi connectivity index (χ2n) is 5.15. The average Bonchev–Trinajstić information content (AvgIpc) is 2.87. The Kier molecular flexibility index (Phi) is 4.64. The molecule has 3 nitrogen and oxygen atoms in total. The molecule has 0 atom stereocenters. The van der Waals surface area contributed by atoms with Crippen molar-refractivity contribution in [2.45, 2.75) is 17.8 Å². The van der Waals surface area contributed by atoms with E-state index in [4.69, 9.17) is 0 Å². The van der Waals surface area contributed by atoms with Gasteiger partial charge >= 0.3 is 0 Å². The van der Waals surface area contributed by atoms with E-state index >= 15 is 0 Å². The summed E-state index contributed by atoms with van der Waals surface area (Å²) in [6.07, 6.45) is 0. The third-order valence-electron chi connectivity index (χ3n) is 3.40. The van der Waals surface area contributed by atoms with Crippen molar-refractivity contribution in [3.8, 4) is 11.4 Å². The van der Waals surface area contributed by atoms with Gasteiger partial charge in [0, 0.05) is 22.8 Å². The van der Waals surface area contributed by atoms with Gasteiger partial charge in [-0.2, -0.15) is 0 Å². The van der Waals surface area contributed by atoms with Crippen molar-refractivity contribution in [2.24, 2.45) is 7.05 Å². The number of benzene rings is 2. The van der Waals surface area contributed by atoms with E-state index in [1.807, 2.05) is 23.7 Å².